The summed E-state index contributed by atoms with van der Waals surface area (Å²) >= 11 is 0. The van der Waals surface area contributed by atoms with E-state index in [9.17, 15) is 14.9 Å². The van der Waals surface area contributed by atoms with Gasteiger partial charge in [-0.15, -0.1) is 0 Å². The molecule has 1 fully saturated rings. The molecule has 7 heteroatoms. The molecule has 0 bridgehead atoms. The Hall–Kier alpha value is -2.15. The van der Waals surface area contributed by atoms with Crippen LogP contribution in [0.25, 0.3) is 0 Å². The number of nitrogens with two attached hydrogens (primary N) is 1. The summed E-state index contributed by atoms with van der Waals surface area (Å²) in [6.07, 6.45) is 1.23. The van der Waals surface area contributed by atoms with Gasteiger partial charge in [-0.3, -0.25) is 14.9 Å². The number of hydrogen-bond donors (Lipinski definition) is 1. The van der Waals surface area contributed by atoms with Gasteiger partial charge in [0.15, 0.2) is 0 Å². The number of anilines is 1. The Kier molecular flexibility index (Phi) is 5.10. The van der Waals surface area contributed by atoms with Crippen molar-refractivity contribution in [2.75, 3.05) is 37.6 Å². The lowest BCUT2D eigenvalue weighted by molar-refractivity contribution is -0.384. The van der Waals surface area contributed by atoms with Gasteiger partial charge in [0, 0.05) is 50.4 Å². The minimum atomic E-state index is -0.405. The number of amides is 1. The van der Waals surface area contributed by atoms with Crippen LogP contribution in [0.5, 0.6) is 0 Å². The second kappa shape index (κ2) is 7.03. The van der Waals surface area contributed by atoms with E-state index in [1.54, 1.807) is 12.1 Å². The number of rotatable bonds is 5. The molecule has 0 unspecified atom stereocenters. The molecule has 114 valence electrons. The predicted molar refractivity (Wildman–Crippen MR) is 80.2 cm³/mol. The van der Waals surface area contributed by atoms with Crippen molar-refractivity contribution in [2.45, 2.75) is 12.8 Å². The summed E-state index contributed by atoms with van der Waals surface area (Å²) in [5.74, 6) is 0.156. The number of piperazine rings is 1. The standard InChI is InChI=1S/C14H20N4O3/c15-7-1-2-14(19)17-10-8-16(9-11-17)12-3-5-13(6-4-12)18(20)21/h3-6H,1-2,7-11,15H2. The topological polar surface area (TPSA) is 92.7 Å². The van der Waals surface area contributed by atoms with Crippen molar-refractivity contribution in [1.82, 2.24) is 4.90 Å². The Morgan fingerprint density at radius 1 is 1.19 bits per heavy atom. The molecule has 0 atom stereocenters. The first-order chi connectivity index (χ1) is 10.1. The number of nitro benzene ring substituents is 1. The summed E-state index contributed by atoms with van der Waals surface area (Å²) in [7, 11) is 0. The molecule has 0 saturated carbocycles. The van der Waals surface area contributed by atoms with Gasteiger partial charge < -0.3 is 15.5 Å². The molecule has 1 amide bonds. The van der Waals surface area contributed by atoms with Crippen LogP contribution in [0.1, 0.15) is 12.8 Å². The van der Waals surface area contributed by atoms with Crippen molar-refractivity contribution in [3.63, 3.8) is 0 Å². The number of non-ortho nitro benzene ring substituents is 1. The lowest BCUT2D eigenvalue weighted by Crippen LogP contribution is -2.48. The van der Waals surface area contributed by atoms with Crippen molar-refractivity contribution in [3.05, 3.63) is 34.4 Å². The second-order valence-corrected chi connectivity index (χ2v) is 5.03. The van der Waals surface area contributed by atoms with Crippen molar-refractivity contribution in [3.8, 4) is 0 Å². The predicted octanol–water partition coefficient (Wildman–Crippen LogP) is 0.982. The first-order valence-electron chi connectivity index (χ1n) is 7.09. The van der Waals surface area contributed by atoms with Gasteiger partial charge in [0.25, 0.3) is 5.69 Å². The molecule has 1 aromatic carbocycles. The molecule has 0 aliphatic carbocycles. The van der Waals surface area contributed by atoms with Crippen LogP contribution in [0.2, 0.25) is 0 Å². The third-order valence-corrected chi connectivity index (χ3v) is 3.65. The molecule has 1 saturated heterocycles. The van der Waals surface area contributed by atoms with Gasteiger partial charge in [-0.05, 0) is 25.1 Å². The normalized spacial score (nSPS) is 15.1. The zero-order chi connectivity index (χ0) is 15.2. The number of benzene rings is 1. The third kappa shape index (κ3) is 3.91. The van der Waals surface area contributed by atoms with Gasteiger partial charge in [0.2, 0.25) is 5.91 Å². The van der Waals surface area contributed by atoms with Gasteiger partial charge in [0.05, 0.1) is 4.92 Å². The number of carbonyl (C=O) groups is 1. The minimum Gasteiger partial charge on any atom is -0.368 e. The van der Waals surface area contributed by atoms with Crippen molar-refractivity contribution >= 4 is 17.3 Å². The summed E-state index contributed by atoms with van der Waals surface area (Å²) in [6, 6.07) is 6.52. The van der Waals surface area contributed by atoms with E-state index in [2.05, 4.69) is 4.90 Å². The van der Waals surface area contributed by atoms with Gasteiger partial charge >= 0.3 is 0 Å². The van der Waals surface area contributed by atoms with Crippen molar-refractivity contribution in [1.29, 1.82) is 0 Å². The van der Waals surface area contributed by atoms with E-state index in [4.69, 9.17) is 5.73 Å². The highest BCUT2D eigenvalue weighted by atomic mass is 16.6. The second-order valence-electron chi connectivity index (χ2n) is 5.03. The fourth-order valence-electron chi connectivity index (χ4n) is 2.41. The largest absolute Gasteiger partial charge is 0.368 e. The molecule has 1 aromatic rings. The molecule has 1 aliphatic heterocycles. The first-order valence-corrected chi connectivity index (χ1v) is 7.09. The Bertz CT molecular complexity index is 495. The maximum absolute atomic E-state index is 11.9. The van der Waals surface area contributed by atoms with Crippen molar-refractivity contribution in [2.24, 2.45) is 5.73 Å². The van der Waals surface area contributed by atoms with E-state index in [1.807, 2.05) is 4.90 Å². The number of nitrogens with zero attached hydrogens (tertiary/aromatic N) is 3. The summed E-state index contributed by atoms with van der Waals surface area (Å²) in [6.45, 7) is 3.38. The summed E-state index contributed by atoms with van der Waals surface area (Å²) in [4.78, 5) is 26.1. The smallest absolute Gasteiger partial charge is 0.269 e. The van der Waals surface area contributed by atoms with Crippen molar-refractivity contribution < 1.29 is 9.72 Å². The molecule has 2 N–H and O–H groups in total. The third-order valence-electron chi connectivity index (χ3n) is 3.65. The van der Waals surface area contributed by atoms with Crippen LogP contribution >= 0.6 is 0 Å². The van der Waals surface area contributed by atoms with E-state index < -0.39 is 4.92 Å². The molecule has 0 radical (unpaired) electrons. The van der Waals surface area contributed by atoms with Crippen LogP contribution in [-0.2, 0) is 4.79 Å². The molecule has 1 heterocycles. The number of hydrogen-bond acceptors (Lipinski definition) is 5. The van der Waals surface area contributed by atoms with E-state index in [0.29, 0.717) is 26.1 Å². The average molecular weight is 292 g/mol. The van der Waals surface area contributed by atoms with Crippen LogP contribution in [-0.4, -0.2) is 48.5 Å². The Labute approximate surface area is 123 Å². The molecule has 0 aromatic heterocycles. The lowest BCUT2D eigenvalue weighted by Gasteiger charge is -2.36. The highest BCUT2D eigenvalue weighted by molar-refractivity contribution is 5.76. The van der Waals surface area contributed by atoms with Crippen LogP contribution in [0.3, 0.4) is 0 Å². The molecule has 2 rings (SSSR count). The van der Waals surface area contributed by atoms with Crippen LogP contribution in [0, 0.1) is 10.1 Å². The Morgan fingerprint density at radius 2 is 1.81 bits per heavy atom. The van der Waals surface area contributed by atoms with Gasteiger partial charge in [-0.1, -0.05) is 0 Å². The van der Waals surface area contributed by atoms with E-state index in [1.165, 1.54) is 12.1 Å². The molecule has 1 aliphatic rings. The SMILES string of the molecule is NCCCC(=O)N1CCN(c2ccc([N+](=O)[O-])cc2)CC1. The first kappa shape index (κ1) is 15.2. The van der Waals surface area contributed by atoms with Crippen LogP contribution in [0.15, 0.2) is 24.3 Å². The quantitative estimate of drug-likeness (QED) is 0.645. The maximum atomic E-state index is 11.9. The molecule has 7 nitrogen and oxygen atoms in total. The highest BCUT2D eigenvalue weighted by Crippen LogP contribution is 2.20. The summed E-state index contributed by atoms with van der Waals surface area (Å²) in [5.41, 5.74) is 6.46. The number of nitro groups is 1. The molecular formula is C14H20N4O3. The summed E-state index contributed by atoms with van der Waals surface area (Å²) < 4.78 is 0. The van der Waals surface area contributed by atoms with Crippen LogP contribution < -0.4 is 10.6 Å². The van der Waals surface area contributed by atoms with E-state index in [0.717, 1.165) is 25.2 Å². The van der Waals surface area contributed by atoms with Gasteiger partial charge in [-0.2, -0.15) is 0 Å². The zero-order valence-corrected chi connectivity index (χ0v) is 11.9. The van der Waals surface area contributed by atoms with E-state index >= 15 is 0 Å². The molecule has 0 spiro atoms. The fraction of sp³-hybridized carbons (Fsp3) is 0.500. The monoisotopic (exact) mass is 292 g/mol. The lowest BCUT2D eigenvalue weighted by atomic mass is 10.2. The zero-order valence-electron chi connectivity index (χ0n) is 11.9. The summed E-state index contributed by atoms with van der Waals surface area (Å²) in [5, 5.41) is 10.6. The molecule has 21 heavy (non-hydrogen) atoms. The Balaban J connectivity index is 1.88. The maximum Gasteiger partial charge on any atom is 0.269 e. The van der Waals surface area contributed by atoms with E-state index in [-0.39, 0.29) is 11.6 Å². The van der Waals surface area contributed by atoms with Crippen LogP contribution in [0.4, 0.5) is 11.4 Å². The highest BCUT2D eigenvalue weighted by Gasteiger charge is 2.21. The average Bonchev–Trinajstić information content (AvgIpc) is 2.53. The Morgan fingerprint density at radius 3 is 2.33 bits per heavy atom. The minimum absolute atomic E-state index is 0.0920. The number of carbonyl (C=O) groups excluding carboxylic acids is 1. The fourth-order valence-corrected chi connectivity index (χ4v) is 2.41. The molecular weight excluding hydrogens is 272 g/mol. The van der Waals surface area contributed by atoms with Gasteiger partial charge in [0.1, 0.15) is 0 Å². The van der Waals surface area contributed by atoms with Gasteiger partial charge in [-0.25, -0.2) is 0 Å².